The second kappa shape index (κ2) is 6.83. The van der Waals surface area contributed by atoms with Gasteiger partial charge in [-0.05, 0) is 68.1 Å². The van der Waals surface area contributed by atoms with Crippen LogP contribution in [0.2, 0.25) is 0 Å². The SMILES string of the molecule is COc1ccc(-n2c(C3CCCCN3C=O)nc3cc(C)ccc32)cc1. The number of amides is 1. The highest BCUT2D eigenvalue weighted by Gasteiger charge is 2.28. The molecule has 3 aromatic rings. The van der Waals surface area contributed by atoms with Gasteiger partial charge in [-0.25, -0.2) is 4.98 Å². The normalized spacial score (nSPS) is 17.5. The van der Waals surface area contributed by atoms with Crippen LogP contribution in [0.3, 0.4) is 0 Å². The van der Waals surface area contributed by atoms with E-state index in [0.29, 0.717) is 0 Å². The fourth-order valence-corrected chi connectivity index (χ4v) is 3.79. The lowest BCUT2D eigenvalue weighted by Gasteiger charge is -2.32. The lowest BCUT2D eigenvalue weighted by molar-refractivity contribution is -0.121. The number of likely N-dealkylation sites (tertiary alicyclic amines) is 1. The summed E-state index contributed by atoms with van der Waals surface area (Å²) in [6.45, 7) is 2.86. The van der Waals surface area contributed by atoms with Crippen molar-refractivity contribution in [2.75, 3.05) is 13.7 Å². The molecule has 1 atom stereocenters. The molecule has 0 spiro atoms. The number of aromatic nitrogens is 2. The molecule has 1 unspecified atom stereocenters. The lowest BCUT2D eigenvalue weighted by Crippen LogP contribution is -2.33. The molecule has 1 aromatic heterocycles. The average Bonchev–Trinajstić information content (AvgIpc) is 3.06. The van der Waals surface area contributed by atoms with Gasteiger partial charge in [-0.2, -0.15) is 0 Å². The van der Waals surface area contributed by atoms with Crippen LogP contribution in [-0.2, 0) is 4.79 Å². The Balaban J connectivity index is 1.91. The number of rotatable bonds is 4. The van der Waals surface area contributed by atoms with Gasteiger partial charge in [-0.15, -0.1) is 0 Å². The summed E-state index contributed by atoms with van der Waals surface area (Å²) >= 11 is 0. The van der Waals surface area contributed by atoms with E-state index in [1.165, 1.54) is 5.56 Å². The van der Waals surface area contributed by atoms with Gasteiger partial charge in [0.05, 0.1) is 24.2 Å². The van der Waals surface area contributed by atoms with Crippen LogP contribution in [0.25, 0.3) is 16.7 Å². The molecule has 2 aromatic carbocycles. The number of nitrogens with zero attached hydrogens (tertiary/aromatic N) is 3. The molecular weight excluding hydrogens is 326 g/mol. The van der Waals surface area contributed by atoms with E-state index in [1.54, 1.807) is 7.11 Å². The van der Waals surface area contributed by atoms with Gasteiger partial charge in [0, 0.05) is 12.2 Å². The summed E-state index contributed by atoms with van der Waals surface area (Å²) in [6, 6.07) is 14.3. The summed E-state index contributed by atoms with van der Waals surface area (Å²) in [7, 11) is 1.67. The topological polar surface area (TPSA) is 47.4 Å². The van der Waals surface area contributed by atoms with Gasteiger partial charge >= 0.3 is 0 Å². The molecule has 2 heterocycles. The molecule has 5 heteroatoms. The molecule has 0 bridgehead atoms. The second-order valence-corrected chi connectivity index (χ2v) is 6.85. The van der Waals surface area contributed by atoms with E-state index in [-0.39, 0.29) is 6.04 Å². The Kier molecular flexibility index (Phi) is 4.37. The molecule has 0 saturated carbocycles. The Morgan fingerprint density at radius 2 is 1.96 bits per heavy atom. The minimum Gasteiger partial charge on any atom is -0.497 e. The molecular formula is C21H23N3O2. The number of hydrogen-bond acceptors (Lipinski definition) is 3. The molecule has 1 fully saturated rings. The highest BCUT2D eigenvalue weighted by Crippen LogP contribution is 2.34. The molecule has 5 nitrogen and oxygen atoms in total. The van der Waals surface area contributed by atoms with Gasteiger partial charge in [0.25, 0.3) is 0 Å². The van der Waals surface area contributed by atoms with E-state index in [1.807, 2.05) is 29.2 Å². The number of ether oxygens (including phenoxy) is 1. The summed E-state index contributed by atoms with van der Waals surface area (Å²) in [5, 5.41) is 0. The smallest absolute Gasteiger partial charge is 0.210 e. The number of piperidine rings is 1. The Bertz CT molecular complexity index is 930. The van der Waals surface area contributed by atoms with Crippen molar-refractivity contribution in [2.45, 2.75) is 32.2 Å². The predicted octanol–water partition coefficient (Wildman–Crippen LogP) is 4.03. The molecule has 1 amide bonds. The van der Waals surface area contributed by atoms with Crippen LogP contribution in [0.1, 0.15) is 36.7 Å². The van der Waals surface area contributed by atoms with Crippen molar-refractivity contribution in [3.63, 3.8) is 0 Å². The third-order valence-electron chi connectivity index (χ3n) is 5.14. The predicted molar refractivity (Wildman–Crippen MR) is 102 cm³/mol. The Hall–Kier alpha value is -2.82. The number of fused-ring (bicyclic) bond motifs is 1. The highest BCUT2D eigenvalue weighted by atomic mass is 16.5. The monoisotopic (exact) mass is 349 g/mol. The largest absolute Gasteiger partial charge is 0.497 e. The van der Waals surface area contributed by atoms with Crippen LogP contribution in [0.4, 0.5) is 0 Å². The quantitative estimate of drug-likeness (QED) is 0.668. The van der Waals surface area contributed by atoms with Crippen LogP contribution in [0, 0.1) is 6.92 Å². The molecule has 0 radical (unpaired) electrons. The fraction of sp³-hybridized carbons (Fsp3) is 0.333. The van der Waals surface area contributed by atoms with Crippen molar-refractivity contribution in [1.82, 2.24) is 14.5 Å². The molecule has 134 valence electrons. The standard InChI is InChI=1S/C21H23N3O2/c1-15-6-11-19-18(13-15)22-21(20-5-3-4-12-23(20)14-25)24(19)16-7-9-17(26-2)10-8-16/h6-11,13-14,20H,3-5,12H2,1-2H3. The van der Waals surface area contributed by atoms with E-state index >= 15 is 0 Å². The number of hydrogen-bond donors (Lipinski definition) is 0. The third-order valence-corrected chi connectivity index (χ3v) is 5.14. The highest BCUT2D eigenvalue weighted by molar-refractivity contribution is 5.79. The van der Waals surface area contributed by atoms with Crippen LogP contribution in [-0.4, -0.2) is 34.5 Å². The van der Waals surface area contributed by atoms with E-state index in [9.17, 15) is 4.79 Å². The lowest BCUT2D eigenvalue weighted by atomic mass is 10.0. The van der Waals surface area contributed by atoms with Crippen molar-refractivity contribution in [2.24, 2.45) is 0 Å². The van der Waals surface area contributed by atoms with Gasteiger partial charge in [0.15, 0.2) is 0 Å². The number of benzene rings is 2. The summed E-state index contributed by atoms with van der Waals surface area (Å²) in [6.07, 6.45) is 4.07. The third kappa shape index (κ3) is 2.83. The molecule has 0 aliphatic carbocycles. The zero-order valence-corrected chi connectivity index (χ0v) is 15.2. The Morgan fingerprint density at radius 3 is 2.69 bits per heavy atom. The Labute approximate surface area is 153 Å². The first-order valence-electron chi connectivity index (χ1n) is 9.06. The van der Waals surface area contributed by atoms with Gasteiger partial charge in [0.1, 0.15) is 11.6 Å². The summed E-state index contributed by atoms with van der Waals surface area (Å²) in [4.78, 5) is 18.4. The van der Waals surface area contributed by atoms with Gasteiger partial charge in [0.2, 0.25) is 6.41 Å². The van der Waals surface area contributed by atoms with Crippen molar-refractivity contribution in [1.29, 1.82) is 0 Å². The molecule has 4 rings (SSSR count). The maximum absolute atomic E-state index is 11.6. The van der Waals surface area contributed by atoms with Crippen LogP contribution in [0.5, 0.6) is 5.75 Å². The second-order valence-electron chi connectivity index (χ2n) is 6.85. The zero-order chi connectivity index (χ0) is 18.1. The van der Waals surface area contributed by atoms with Crippen molar-refractivity contribution in [3.05, 3.63) is 53.9 Å². The fourth-order valence-electron chi connectivity index (χ4n) is 3.79. The minimum atomic E-state index is 0.0102. The molecule has 1 aliphatic heterocycles. The first kappa shape index (κ1) is 16.6. The molecule has 0 N–H and O–H groups in total. The number of carbonyl (C=O) groups excluding carboxylic acids is 1. The van der Waals surface area contributed by atoms with E-state index in [4.69, 9.17) is 9.72 Å². The first-order chi connectivity index (χ1) is 12.7. The summed E-state index contributed by atoms with van der Waals surface area (Å²) in [5.41, 5.74) is 4.24. The first-order valence-corrected chi connectivity index (χ1v) is 9.06. The maximum atomic E-state index is 11.6. The molecule has 26 heavy (non-hydrogen) atoms. The summed E-state index contributed by atoms with van der Waals surface area (Å²) in [5.74, 6) is 1.75. The number of aryl methyl sites for hydroxylation is 1. The Morgan fingerprint density at radius 1 is 1.15 bits per heavy atom. The van der Waals surface area contributed by atoms with Gasteiger partial charge < -0.3 is 9.64 Å². The van der Waals surface area contributed by atoms with Crippen LogP contribution >= 0.6 is 0 Å². The number of carbonyl (C=O) groups is 1. The van der Waals surface area contributed by atoms with Crippen molar-refractivity contribution in [3.8, 4) is 11.4 Å². The minimum absolute atomic E-state index is 0.0102. The number of imidazole rings is 1. The molecule has 1 aliphatic rings. The van der Waals surface area contributed by atoms with Crippen LogP contribution in [0.15, 0.2) is 42.5 Å². The van der Waals surface area contributed by atoms with Crippen LogP contribution < -0.4 is 4.74 Å². The zero-order valence-electron chi connectivity index (χ0n) is 15.2. The maximum Gasteiger partial charge on any atom is 0.210 e. The average molecular weight is 349 g/mol. The van der Waals surface area contributed by atoms with Gasteiger partial charge in [-0.3, -0.25) is 9.36 Å². The van der Waals surface area contributed by atoms with Crippen molar-refractivity contribution >= 4 is 17.4 Å². The van der Waals surface area contributed by atoms with Gasteiger partial charge in [-0.1, -0.05) is 6.07 Å². The van der Waals surface area contributed by atoms with E-state index < -0.39 is 0 Å². The number of methoxy groups -OCH3 is 1. The van der Waals surface area contributed by atoms with Crippen molar-refractivity contribution < 1.29 is 9.53 Å². The molecule has 1 saturated heterocycles. The summed E-state index contributed by atoms with van der Waals surface area (Å²) < 4.78 is 7.47. The van der Waals surface area contributed by atoms with E-state index in [0.717, 1.165) is 60.5 Å². The van der Waals surface area contributed by atoms with E-state index in [2.05, 4.69) is 29.7 Å².